The number of nitrogens with zero attached hydrogens (tertiary/aromatic N) is 1. The number of hydrogen-bond donors (Lipinski definition) is 1. The lowest BCUT2D eigenvalue weighted by Crippen LogP contribution is -1.98. The molecule has 1 aromatic carbocycles. The zero-order chi connectivity index (χ0) is 21.9. The standard InChI is InChI=1S/C26H39NO3/c1-2-3-4-5-6-7-8-9-10-11-12-13-14-15-20-30-25-18-16-23(17-19-25)21-24(22-27)26(28)29/h16-19,21H,2-15,20H2,1H3,(H,28,29). The summed E-state index contributed by atoms with van der Waals surface area (Å²) in [6, 6.07) is 8.83. The van der Waals surface area contributed by atoms with E-state index in [1.165, 1.54) is 89.5 Å². The monoisotopic (exact) mass is 413 g/mol. The molecule has 1 N–H and O–H groups in total. The first kappa shape index (κ1) is 25.8. The van der Waals surface area contributed by atoms with Crippen LogP contribution in [0.5, 0.6) is 5.75 Å². The van der Waals surface area contributed by atoms with Gasteiger partial charge in [-0.05, 0) is 30.2 Å². The molecule has 0 atom stereocenters. The number of hydrogen-bond acceptors (Lipinski definition) is 3. The Balaban J connectivity index is 1.98. The van der Waals surface area contributed by atoms with E-state index in [4.69, 9.17) is 15.1 Å². The quantitative estimate of drug-likeness (QED) is 0.153. The fourth-order valence-corrected chi connectivity index (χ4v) is 3.46. The van der Waals surface area contributed by atoms with Crippen LogP contribution in [0.4, 0.5) is 0 Å². The summed E-state index contributed by atoms with van der Waals surface area (Å²) in [5.74, 6) is -0.439. The fourth-order valence-electron chi connectivity index (χ4n) is 3.46. The summed E-state index contributed by atoms with van der Waals surface area (Å²) in [5, 5.41) is 17.7. The van der Waals surface area contributed by atoms with Crippen molar-refractivity contribution in [3.63, 3.8) is 0 Å². The van der Waals surface area contributed by atoms with Crippen LogP contribution in [0.3, 0.4) is 0 Å². The number of benzene rings is 1. The van der Waals surface area contributed by atoms with Crippen LogP contribution in [-0.2, 0) is 4.79 Å². The molecular formula is C26H39NO3. The Labute approximate surface area is 183 Å². The van der Waals surface area contributed by atoms with Gasteiger partial charge in [0.15, 0.2) is 0 Å². The molecule has 1 aromatic rings. The van der Waals surface area contributed by atoms with Gasteiger partial charge in [-0.2, -0.15) is 5.26 Å². The zero-order valence-electron chi connectivity index (χ0n) is 18.7. The first-order valence-corrected chi connectivity index (χ1v) is 11.7. The minimum atomic E-state index is -1.21. The Bertz CT molecular complexity index is 643. The highest BCUT2D eigenvalue weighted by atomic mass is 16.5. The first-order chi connectivity index (χ1) is 14.7. The molecule has 4 nitrogen and oxygen atoms in total. The molecule has 0 bridgehead atoms. The molecule has 0 aromatic heterocycles. The number of unbranched alkanes of at least 4 members (excludes halogenated alkanes) is 13. The normalized spacial score (nSPS) is 11.3. The number of ether oxygens (including phenoxy) is 1. The van der Waals surface area contributed by atoms with Crippen LogP contribution in [0.15, 0.2) is 29.8 Å². The van der Waals surface area contributed by atoms with E-state index in [1.54, 1.807) is 18.2 Å². The van der Waals surface area contributed by atoms with Crippen LogP contribution in [0.2, 0.25) is 0 Å². The Hall–Kier alpha value is -2.28. The molecule has 166 valence electrons. The number of nitriles is 1. The molecule has 1 rings (SSSR count). The van der Waals surface area contributed by atoms with Crippen LogP contribution in [-0.4, -0.2) is 17.7 Å². The van der Waals surface area contributed by atoms with Crippen LogP contribution in [0.1, 0.15) is 102 Å². The molecule has 0 saturated heterocycles. The summed E-state index contributed by atoms with van der Waals surface area (Å²) >= 11 is 0. The lowest BCUT2D eigenvalue weighted by molar-refractivity contribution is -0.132. The SMILES string of the molecule is CCCCCCCCCCCCCCCCOc1ccc(C=C(C#N)C(=O)O)cc1. The molecule has 0 spiro atoms. The third kappa shape index (κ3) is 13.0. The number of carboxylic acids is 1. The second-order valence-corrected chi connectivity index (χ2v) is 7.99. The Kier molecular flexibility index (Phi) is 15.1. The summed E-state index contributed by atoms with van der Waals surface area (Å²) in [4.78, 5) is 10.9. The molecule has 0 amide bonds. The van der Waals surface area contributed by atoms with Gasteiger partial charge >= 0.3 is 5.97 Å². The predicted octanol–water partition coefficient (Wildman–Crippen LogP) is 7.54. The van der Waals surface area contributed by atoms with E-state index < -0.39 is 5.97 Å². The molecule has 0 unspecified atom stereocenters. The van der Waals surface area contributed by atoms with Crippen LogP contribution >= 0.6 is 0 Å². The number of aliphatic carboxylic acids is 1. The van der Waals surface area contributed by atoms with Gasteiger partial charge in [0.25, 0.3) is 0 Å². The van der Waals surface area contributed by atoms with Crippen LogP contribution in [0.25, 0.3) is 6.08 Å². The molecule has 0 fully saturated rings. The minimum Gasteiger partial charge on any atom is -0.494 e. The van der Waals surface area contributed by atoms with Crippen molar-refractivity contribution in [2.75, 3.05) is 6.61 Å². The maximum Gasteiger partial charge on any atom is 0.346 e. The van der Waals surface area contributed by atoms with E-state index in [9.17, 15) is 4.79 Å². The van der Waals surface area contributed by atoms with Crippen molar-refractivity contribution >= 4 is 12.0 Å². The third-order valence-corrected chi connectivity index (χ3v) is 5.31. The second kappa shape index (κ2) is 17.6. The van der Waals surface area contributed by atoms with Gasteiger partial charge in [0.2, 0.25) is 0 Å². The summed E-state index contributed by atoms with van der Waals surface area (Å²) in [7, 11) is 0. The van der Waals surface area contributed by atoms with E-state index in [-0.39, 0.29) is 5.57 Å². The highest BCUT2D eigenvalue weighted by Gasteiger charge is 2.05. The maximum absolute atomic E-state index is 10.9. The van der Waals surface area contributed by atoms with Crippen molar-refractivity contribution in [2.24, 2.45) is 0 Å². The summed E-state index contributed by atoms with van der Waals surface area (Å²) in [5.41, 5.74) is 0.406. The Morgan fingerprint density at radius 2 is 1.33 bits per heavy atom. The smallest absolute Gasteiger partial charge is 0.346 e. The van der Waals surface area contributed by atoms with Crippen molar-refractivity contribution in [1.29, 1.82) is 5.26 Å². The summed E-state index contributed by atoms with van der Waals surface area (Å²) in [6.07, 6.45) is 20.1. The largest absolute Gasteiger partial charge is 0.494 e. The van der Waals surface area contributed by atoms with Crippen LogP contribution in [0, 0.1) is 11.3 Å². The topological polar surface area (TPSA) is 70.3 Å². The number of carbonyl (C=O) groups is 1. The van der Waals surface area contributed by atoms with Crippen molar-refractivity contribution in [3.05, 3.63) is 35.4 Å². The Morgan fingerprint density at radius 3 is 1.77 bits per heavy atom. The number of carboxylic acid groups (broad SMARTS) is 1. The average Bonchev–Trinajstić information content (AvgIpc) is 2.75. The number of rotatable bonds is 18. The van der Waals surface area contributed by atoms with E-state index in [0.29, 0.717) is 12.2 Å². The van der Waals surface area contributed by atoms with Gasteiger partial charge in [-0.15, -0.1) is 0 Å². The van der Waals surface area contributed by atoms with Gasteiger partial charge in [0.1, 0.15) is 17.4 Å². The van der Waals surface area contributed by atoms with E-state index in [1.807, 2.05) is 12.1 Å². The van der Waals surface area contributed by atoms with Gasteiger partial charge in [-0.3, -0.25) is 0 Å². The highest BCUT2D eigenvalue weighted by Crippen LogP contribution is 2.16. The molecular weight excluding hydrogens is 374 g/mol. The lowest BCUT2D eigenvalue weighted by Gasteiger charge is -2.07. The van der Waals surface area contributed by atoms with Crippen molar-refractivity contribution in [3.8, 4) is 11.8 Å². The van der Waals surface area contributed by atoms with Gasteiger partial charge in [0.05, 0.1) is 6.61 Å². The lowest BCUT2D eigenvalue weighted by atomic mass is 10.0. The molecule has 0 radical (unpaired) electrons. The predicted molar refractivity (Wildman–Crippen MR) is 123 cm³/mol. The fraction of sp³-hybridized carbons (Fsp3) is 0.615. The third-order valence-electron chi connectivity index (χ3n) is 5.31. The molecule has 0 saturated carbocycles. The van der Waals surface area contributed by atoms with Gasteiger partial charge < -0.3 is 9.84 Å². The molecule has 0 aliphatic heterocycles. The highest BCUT2D eigenvalue weighted by molar-refractivity contribution is 5.96. The van der Waals surface area contributed by atoms with E-state index >= 15 is 0 Å². The van der Waals surface area contributed by atoms with Crippen molar-refractivity contribution in [1.82, 2.24) is 0 Å². The molecule has 4 heteroatoms. The molecule has 0 aliphatic rings. The minimum absolute atomic E-state index is 0.272. The van der Waals surface area contributed by atoms with Crippen LogP contribution < -0.4 is 4.74 Å². The maximum atomic E-state index is 10.9. The van der Waals surface area contributed by atoms with Crippen molar-refractivity contribution < 1.29 is 14.6 Å². The zero-order valence-corrected chi connectivity index (χ0v) is 18.7. The second-order valence-electron chi connectivity index (χ2n) is 7.99. The van der Waals surface area contributed by atoms with Crippen molar-refractivity contribution in [2.45, 2.75) is 96.8 Å². The first-order valence-electron chi connectivity index (χ1n) is 11.7. The van der Waals surface area contributed by atoms with E-state index in [2.05, 4.69) is 6.92 Å². The van der Waals surface area contributed by atoms with E-state index in [0.717, 1.165) is 12.2 Å². The summed E-state index contributed by atoms with van der Waals surface area (Å²) in [6.45, 7) is 2.97. The Morgan fingerprint density at radius 1 is 0.867 bits per heavy atom. The molecule has 30 heavy (non-hydrogen) atoms. The van der Waals surface area contributed by atoms with Gasteiger partial charge in [-0.1, -0.05) is 103 Å². The van der Waals surface area contributed by atoms with Gasteiger partial charge in [0, 0.05) is 0 Å². The molecule has 0 heterocycles. The summed E-state index contributed by atoms with van der Waals surface area (Å²) < 4.78 is 5.74. The average molecular weight is 414 g/mol. The molecule has 0 aliphatic carbocycles. The van der Waals surface area contributed by atoms with Gasteiger partial charge in [-0.25, -0.2) is 4.79 Å².